The molecule has 33 heavy (non-hydrogen) atoms. The first-order chi connectivity index (χ1) is 16.2. The van der Waals surface area contributed by atoms with Gasteiger partial charge in [-0.15, -0.1) is 22.0 Å². The lowest BCUT2D eigenvalue weighted by Gasteiger charge is -2.18. The van der Waals surface area contributed by atoms with Crippen LogP contribution in [0.4, 0.5) is 10.5 Å². The van der Waals surface area contributed by atoms with Gasteiger partial charge in [0.25, 0.3) is 0 Å². The van der Waals surface area contributed by atoms with Gasteiger partial charge in [-0.05, 0) is 49.5 Å². The van der Waals surface area contributed by atoms with Gasteiger partial charge >= 0.3 is 6.03 Å². The molecular formula is C24H31N5O3S. The molecular weight excluding hydrogens is 438 g/mol. The third-order valence-electron chi connectivity index (χ3n) is 4.93. The second-order valence-corrected chi connectivity index (χ2v) is 8.31. The number of thioether (sulfide) groups is 1. The highest BCUT2D eigenvalue weighted by molar-refractivity contribution is 7.98. The predicted molar refractivity (Wildman–Crippen MR) is 133 cm³/mol. The number of carbonyl (C=O) groups is 1. The Morgan fingerprint density at radius 3 is 2.55 bits per heavy atom. The van der Waals surface area contributed by atoms with Crippen molar-refractivity contribution < 1.29 is 13.9 Å². The molecule has 176 valence electrons. The maximum absolute atomic E-state index is 12.1. The minimum absolute atomic E-state index is 0.219. The highest BCUT2D eigenvalue weighted by atomic mass is 32.2. The van der Waals surface area contributed by atoms with E-state index in [0.29, 0.717) is 36.4 Å². The largest absolute Gasteiger partial charge is 0.493 e. The minimum atomic E-state index is -0.219. The Balaban J connectivity index is 1.38. The molecule has 0 aliphatic carbocycles. The molecule has 0 aliphatic heterocycles. The molecule has 3 rings (SSSR count). The molecule has 2 amide bonds. The zero-order chi connectivity index (χ0) is 23.3. The number of amides is 2. The van der Waals surface area contributed by atoms with E-state index in [9.17, 15) is 4.79 Å². The first kappa shape index (κ1) is 24.6. The summed E-state index contributed by atoms with van der Waals surface area (Å²) in [5.41, 5.74) is 1.51. The van der Waals surface area contributed by atoms with Crippen LogP contribution in [-0.4, -0.2) is 59.7 Å². The Kier molecular flexibility index (Phi) is 10.1. The number of benzene rings is 2. The molecule has 2 N–H and O–H groups in total. The Morgan fingerprint density at radius 1 is 1.06 bits per heavy atom. The Morgan fingerprint density at radius 2 is 1.82 bits per heavy atom. The number of anilines is 1. The summed E-state index contributed by atoms with van der Waals surface area (Å²) in [7, 11) is 0. The molecule has 0 spiro atoms. The van der Waals surface area contributed by atoms with Gasteiger partial charge in [-0.2, -0.15) is 0 Å². The zero-order valence-electron chi connectivity index (χ0n) is 19.1. The summed E-state index contributed by atoms with van der Waals surface area (Å²) in [5, 5.41) is 14.0. The Hall–Kier alpha value is -3.04. The zero-order valence-corrected chi connectivity index (χ0v) is 19.9. The third kappa shape index (κ3) is 8.43. The fourth-order valence-electron chi connectivity index (χ4n) is 3.06. The van der Waals surface area contributed by atoms with Crippen molar-refractivity contribution >= 4 is 23.5 Å². The number of para-hydroxylation sites is 1. The van der Waals surface area contributed by atoms with Gasteiger partial charge in [0, 0.05) is 30.1 Å². The van der Waals surface area contributed by atoms with Gasteiger partial charge in [0.1, 0.15) is 5.75 Å². The van der Waals surface area contributed by atoms with Crippen LogP contribution in [0.15, 0.2) is 59.0 Å². The highest BCUT2D eigenvalue weighted by Crippen LogP contribution is 2.22. The van der Waals surface area contributed by atoms with Crippen LogP contribution in [0.3, 0.4) is 0 Å². The fraction of sp³-hybridized carbons (Fsp3) is 0.375. The maximum atomic E-state index is 12.1. The maximum Gasteiger partial charge on any atom is 0.319 e. The van der Waals surface area contributed by atoms with E-state index in [1.54, 1.807) is 11.8 Å². The van der Waals surface area contributed by atoms with Gasteiger partial charge < -0.3 is 24.7 Å². The smallest absolute Gasteiger partial charge is 0.319 e. The highest BCUT2D eigenvalue weighted by Gasteiger charge is 2.10. The summed E-state index contributed by atoms with van der Waals surface area (Å²) in [6, 6.07) is 16.9. The average Bonchev–Trinajstić information content (AvgIpc) is 3.32. The molecule has 1 heterocycles. The number of ether oxygens (including phenoxy) is 1. The van der Waals surface area contributed by atoms with Crippen molar-refractivity contribution in [3.8, 4) is 17.2 Å². The first-order valence-corrected chi connectivity index (χ1v) is 12.3. The Labute approximate surface area is 199 Å². The van der Waals surface area contributed by atoms with Gasteiger partial charge in [-0.3, -0.25) is 0 Å². The topological polar surface area (TPSA) is 92.5 Å². The van der Waals surface area contributed by atoms with Crippen LogP contribution in [0.1, 0.15) is 19.7 Å². The number of likely N-dealkylation sites (N-methyl/N-ethyl adjacent to an activating group) is 1. The molecule has 0 unspecified atom stereocenters. The van der Waals surface area contributed by atoms with E-state index in [2.05, 4.69) is 39.6 Å². The second kappa shape index (κ2) is 13.5. The molecule has 8 nitrogen and oxygen atoms in total. The molecule has 0 fully saturated rings. The van der Waals surface area contributed by atoms with Crippen molar-refractivity contribution in [3.63, 3.8) is 0 Å². The van der Waals surface area contributed by atoms with Crippen LogP contribution in [0.25, 0.3) is 11.5 Å². The standard InChI is InChI=1S/C24H31N5O3S/c1-3-29(4-2)15-14-25-24(30)26-20-12-10-19(11-13-20)23-28-27-22(32-23)18-33-17-16-31-21-8-6-5-7-9-21/h5-13H,3-4,14-18H2,1-2H3,(H2,25,26,30). The van der Waals surface area contributed by atoms with Gasteiger partial charge in [-0.1, -0.05) is 32.0 Å². The number of nitrogens with zero attached hydrogens (tertiary/aromatic N) is 3. The van der Waals surface area contributed by atoms with Crippen LogP contribution in [0.5, 0.6) is 5.75 Å². The lowest BCUT2D eigenvalue weighted by molar-refractivity contribution is 0.248. The van der Waals surface area contributed by atoms with E-state index < -0.39 is 0 Å². The number of carbonyl (C=O) groups excluding carboxylic acids is 1. The monoisotopic (exact) mass is 469 g/mol. The molecule has 9 heteroatoms. The molecule has 3 aromatic rings. The van der Waals surface area contributed by atoms with Gasteiger partial charge in [0.05, 0.1) is 12.4 Å². The molecule has 0 atom stereocenters. The van der Waals surface area contributed by atoms with E-state index in [0.717, 1.165) is 36.7 Å². The van der Waals surface area contributed by atoms with Crippen molar-refractivity contribution in [1.82, 2.24) is 20.4 Å². The van der Waals surface area contributed by atoms with Crippen LogP contribution in [-0.2, 0) is 5.75 Å². The normalized spacial score (nSPS) is 10.9. The molecule has 0 radical (unpaired) electrons. The summed E-state index contributed by atoms with van der Waals surface area (Å²) in [4.78, 5) is 14.3. The van der Waals surface area contributed by atoms with E-state index in [1.807, 2.05) is 54.6 Å². The fourth-order valence-corrected chi connectivity index (χ4v) is 3.70. The molecule has 0 saturated carbocycles. The number of rotatable bonds is 13. The van der Waals surface area contributed by atoms with Crippen LogP contribution < -0.4 is 15.4 Å². The quantitative estimate of drug-likeness (QED) is 0.356. The lowest BCUT2D eigenvalue weighted by atomic mass is 10.2. The molecule has 0 saturated heterocycles. The second-order valence-electron chi connectivity index (χ2n) is 7.20. The summed E-state index contributed by atoms with van der Waals surface area (Å²) < 4.78 is 11.4. The molecule has 0 aliphatic rings. The van der Waals surface area contributed by atoms with E-state index in [-0.39, 0.29) is 6.03 Å². The number of urea groups is 1. The van der Waals surface area contributed by atoms with E-state index in [4.69, 9.17) is 9.15 Å². The van der Waals surface area contributed by atoms with Crippen molar-refractivity contribution in [2.24, 2.45) is 0 Å². The van der Waals surface area contributed by atoms with Crippen molar-refractivity contribution in [1.29, 1.82) is 0 Å². The van der Waals surface area contributed by atoms with Gasteiger partial charge in [0.2, 0.25) is 11.8 Å². The van der Waals surface area contributed by atoms with Gasteiger partial charge in [-0.25, -0.2) is 4.79 Å². The SMILES string of the molecule is CCN(CC)CCNC(=O)Nc1ccc(-c2nnc(CSCCOc3ccccc3)o2)cc1. The summed E-state index contributed by atoms with van der Waals surface area (Å²) >= 11 is 1.68. The number of hydrogen-bond donors (Lipinski definition) is 2. The minimum Gasteiger partial charge on any atom is -0.493 e. The molecule has 2 aromatic carbocycles. The number of nitrogens with one attached hydrogen (secondary N) is 2. The lowest BCUT2D eigenvalue weighted by Crippen LogP contribution is -2.36. The van der Waals surface area contributed by atoms with E-state index >= 15 is 0 Å². The number of aromatic nitrogens is 2. The Bertz CT molecular complexity index is 962. The first-order valence-electron chi connectivity index (χ1n) is 11.1. The van der Waals surface area contributed by atoms with Crippen molar-refractivity contribution in [2.75, 3.05) is 43.9 Å². The number of hydrogen-bond acceptors (Lipinski definition) is 7. The van der Waals surface area contributed by atoms with Gasteiger partial charge in [0.15, 0.2) is 0 Å². The summed E-state index contributed by atoms with van der Waals surface area (Å²) in [5.74, 6) is 3.35. The molecule has 1 aromatic heterocycles. The predicted octanol–water partition coefficient (Wildman–Crippen LogP) is 4.51. The summed E-state index contributed by atoms with van der Waals surface area (Å²) in [6.45, 7) is 8.22. The third-order valence-corrected chi connectivity index (χ3v) is 5.84. The van der Waals surface area contributed by atoms with Crippen LogP contribution in [0, 0.1) is 0 Å². The van der Waals surface area contributed by atoms with Crippen LogP contribution in [0.2, 0.25) is 0 Å². The molecule has 0 bridgehead atoms. The van der Waals surface area contributed by atoms with Crippen LogP contribution >= 0.6 is 11.8 Å². The van der Waals surface area contributed by atoms with E-state index in [1.165, 1.54) is 0 Å². The average molecular weight is 470 g/mol. The van der Waals surface area contributed by atoms with Crippen molar-refractivity contribution in [2.45, 2.75) is 19.6 Å². The van der Waals surface area contributed by atoms with Crippen molar-refractivity contribution in [3.05, 3.63) is 60.5 Å². The summed E-state index contributed by atoms with van der Waals surface area (Å²) in [6.07, 6.45) is 0.